The van der Waals surface area contributed by atoms with Crippen molar-refractivity contribution < 1.29 is 14.3 Å². The molecule has 0 aromatic heterocycles. The van der Waals surface area contributed by atoms with E-state index in [0.717, 1.165) is 37.1 Å². The Morgan fingerprint density at radius 2 is 1.52 bits per heavy atom. The number of fused-ring (bicyclic) bond motifs is 2. The van der Waals surface area contributed by atoms with Gasteiger partial charge in [-0.15, -0.1) is 0 Å². The fourth-order valence-electron chi connectivity index (χ4n) is 3.56. The van der Waals surface area contributed by atoms with Crippen LogP contribution < -0.4 is 10.1 Å². The molecule has 2 aliphatic heterocycles. The maximum atomic E-state index is 12.5. The zero-order valence-corrected chi connectivity index (χ0v) is 14.5. The number of amides is 1. The summed E-state index contributed by atoms with van der Waals surface area (Å²) in [6.45, 7) is 0. The highest BCUT2D eigenvalue weighted by Crippen LogP contribution is 2.36. The van der Waals surface area contributed by atoms with Crippen LogP contribution in [-0.4, -0.2) is 18.1 Å². The Labute approximate surface area is 152 Å². The molecule has 1 N–H and O–H groups in total. The molecule has 130 valence electrons. The minimum absolute atomic E-state index is 0.0521. The van der Waals surface area contributed by atoms with Crippen LogP contribution in [0.2, 0.25) is 5.02 Å². The van der Waals surface area contributed by atoms with Gasteiger partial charge < -0.3 is 14.8 Å². The number of carbonyl (C=O) groups is 1. The van der Waals surface area contributed by atoms with Crippen molar-refractivity contribution in [2.24, 2.45) is 5.92 Å². The number of hydrogen-bond donors (Lipinski definition) is 1. The molecule has 2 fully saturated rings. The molecule has 4 rings (SSSR count). The average Bonchev–Trinajstić information content (AvgIpc) is 2.96. The molecule has 2 bridgehead atoms. The third-order valence-corrected chi connectivity index (χ3v) is 5.08. The van der Waals surface area contributed by atoms with E-state index in [1.807, 2.05) is 36.4 Å². The summed E-state index contributed by atoms with van der Waals surface area (Å²) in [6, 6.07) is 14.6. The highest BCUT2D eigenvalue weighted by atomic mass is 35.5. The van der Waals surface area contributed by atoms with Crippen molar-refractivity contribution in [2.75, 3.05) is 5.32 Å². The van der Waals surface area contributed by atoms with Crippen molar-refractivity contribution in [3.8, 4) is 11.5 Å². The molecule has 1 unspecified atom stereocenters. The first kappa shape index (κ1) is 16.4. The topological polar surface area (TPSA) is 47.6 Å². The first-order chi connectivity index (χ1) is 12.2. The molecular weight excluding hydrogens is 338 g/mol. The van der Waals surface area contributed by atoms with E-state index in [1.54, 1.807) is 12.1 Å². The van der Waals surface area contributed by atoms with E-state index in [2.05, 4.69) is 5.32 Å². The fourth-order valence-corrected chi connectivity index (χ4v) is 3.69. The first-order valence-corrected chi connectivity index (χ1v) is 9.03. The average molecular weight is 358 g/mol. The van der Waals surface area contributed by atoms with E-state index in [-0.39, 0.29) is 24.0 Å². The summed E-state index contributed by atoms with van der Waals surface area (Å²) in [4.78, 5) is 12.5. The number of anilines is 1. The molecule has 0 spiro atoms. The summed E-state index contributed by atoms with van der Waals surface area (Å²) < 4.78 is 11.6. The standard InChI is InChI=1S/C20H20ClNO3/c21-14-1-5-16(6-2-14)24-17-7-3-15(4-8-17)22-20(23)13-11-18-9-10-19(12-13)25-18/h1-8,13,18-19H,9-12H2,(H,22,23)/t13?,18-,19+. The minimum atomic E-state index is 0.0521. The second-order valence-corrected chi connectivity index (χ2v) is 7.13. The van der Waals surface area contributed by atoms with Crippen molar-refractivity contribution in [3.63, 3.8) is 0 Å². The highest BCUT2D eigenvalue weighted by molar-refractivity contribution is 6.30. The van der Waals surface area contributed by atoms with Gasteiger partial charge in [-0.2, -0.15) is 0 Å². The van der Waals surface area contributed by atoms with Gasteiger partial charge in [-0.3, -0.25) is 4.79 Å². The van der Waals surface area contributed by atoms with Crippen LogP contribution in [0.3, 0.4) is 0 Å². The molecule has 2 saturated heterocycles. The Balaban J connectivity index is 1.35. The van der Waals surface area contributed by atoms with Crippen molar-refractivity contribution in [3.05, 3.63) is 53.6 Å². The second-order valence-electron chi connectivity index (χ2n) is 6.70. The number of ether oxygens (including phenoxy) is 2. The first-order valence-electron chi connectivity index (χ1n) is 8.65. The van der Waals surface area contributed by atoms with Gasteiger partial charge in [0.15, 0.2) is 0 Å². The third-order valence-electron chi connectivity index (χ3n) is 4.83. The molecular formula is C20H20ClNO3. The van der Waals surface area contributed by atoms with E-state index in [1.165, 1.54) is 0 Å². The summed E-state index contributed by atoms with van der Waals surface area (Å²) in [5.41, 5.74) is 0.785. The maximum absolute atomic E-state index is 12.5. The quantitative estimate of drug-likeness (QED) is 0.834. The van der Waals surface area contributed by atoms with Gasteiger partial charge in [-0.05, 0) is 74.2 Å². The van der Waals surface area contributed by atoms with Gasteiger partial charge in [-0.1, -0.05) is 11.6 Å². The molecule has 3 atom stereocenters. The van der Waals surface area contributed by atoms with Crippen LogP contribution in [0.15, 0.2) is 48.5 Å². The minimum Gasteiger partial charge on any atom is -0.457 e. The predicted octanol–water partition coefficient (Wildman–Crippen LogP) is 5.03. The van der Waals surface area contributed by atoms with E-state index in [9.17, 15) is 4.79 Å². The van der Waals surface area contributed by atoms with E-state index < -0.39 is 0 Å². The smallest absolute Gasteiger partial charge is 0.227 e. The number of nitrogens with one attached hydrogen (secondary N) is 1. The Morgan fingerprint density at radius 1 is 0.960 bits per heavy atom. The molecule has 2 aliphatic rings. The Kier molecular flexibility index (Phi) is 4.64. The molecule has 2 aromatic carbocycles. The molecule has 0 radical (unpaired) electrons. The maximum Gasteiger partial charge on any atom is 0.227 e. The van der Waals surface area contributed by atoms with Crippen LogP contribution in [0, 0.1) is 5.92 Å². The van der Waals surface area contributed by atoms with Crippen LogP contribution in [0.5, 0.6) is 11.5 Å². The van der Waals surface area contributed by atoms with Crippen LogP contribution >= 0.6 is 11.6 Å². The molecule has 0 saturated carbocycles. The van der Waals surface area contributed by atoms with Gasteiger partial charge in [0.1, 0.15) is 11.5 Å². The SMILES string of the molecule is O=C(Nc1ccc(Oc2ccc(Cl)cc2)cc1)C1C[C@H]2CC[C@@H](C1)O2. The lowest BCUT2D eigenvalue weighted by Crippen LogP contribution is -2.33. The molecule has 2 aromatic rings. The second kappa shape index (κ2) is 7.06. The summed E-state index contributed by atoms with van der Waals surface area (Å²) in [7, 11) is 0. The largest absolute Gasteiger partial charge is 0.457 e. The van der Waals surface area contributed by atoms with Gasteiger partial charge in [0, 0.05) is 16.6 Å². The predicted molar refractivity (Wildman–Crippen MR) is 97.2 cm³/mol. The lowest BCUT2D eigenvalue weighted by atomic mass is 9.94. The summed E-state index contributed by atoms with van der Waals surface area (Å²) in [6.07, 6.45) is 4.38. The van der Waals surface area contributed by atoms with Crippen LogP contribution in [-0.2, 0) is 9.53 Å². The van der Waals surface area contributed by atoms with Crippen molar-refractivity contribution >= 4 is 23.2 Å². The van der Waals surface area contributed by atoms with Gasteiger partial charge >= 0.3 is 0 Å². The number of hydrogen-bond acceptors (Lipinski definition) is 3. The monoisotopic (exact) mass is 357 g/mol. The molecule has 2 heterocycles. The van der Waals surface area contributed by atoms with Crippen molar-refractivity contribution in [2.45, 2.75) is 37.9 Å². The van der Waals surface area contributed by atoms with Crippen LogP contribution in [0.4, 0.5) is 5.69 Å². The Bertz CT molecular complexity index is 733. The number of carbonyl (C=O) groups excluding carboxylic acids is 1. The van der Waals surface area contributed by atoms with Gasteiger partial charge in [0.25, 0.3) is 0 Å². The van der Waals surface area contributed by atoms with Crippen LogP contribution in [0.25, 0.3) is 0 Å². The van der Waals surface area contributed by atoms with Gasteiger partial charge in [0.05, 0.1) is 12.2 Å². The molecule has 0 aliphatic carbocycles. The van der Waals surface area contributed by atoms with E-state index in [0.29, 0.717) is 10.8 Å². The summed E-state index contributed by atoms with van der Waals surface area (Å²) >= 11 is 5.87. The lowest BCUT2D eigenvalue weighted by molar-refractivity contribution is -0.125. The van der Waals surface area contributed by atoms with Gasteiger partial charge in [-0.25, -0.2) is 0 Å². The van der Waals surface area contributed by atoms with Crippen molar-refractivity contribution in [1.82, 2.24) is 0 Å². The van der Waals surface area contributed by atoms with Crippen molar-refractivity contribution in [1.29, 1.82) is 0 Å². The van der Waals surface area contributed by atoms with E-state index >= 15 is 0 Å². The third kappa shape index (κ3) is 3.97. The lowest BCUT2D eigenvalue weighted by Gasteiger charge is -2.27. The van der Waals surface area contributed by atoms with Gasteiger partial charge in [0.2, 0.25) is 5.91 Å². The Morgan fingerprint density at radius 3 is 2.12 bits per heavy atom. The summed E-state index contributed by atoms with van der Waals surface area (Å²) in [5, 5.41) is 3.68. The van der Waals surface area contributed by atoms with Crippen LogP contribution in [0.1, 0.15) is 25.7 Å². The molecule has 4 nitrogen and oxygen atoms in total. The number of halogens is 1. The fraction of sp³-hybridized carbons (Fsp3) is 0.350. The molecule has 25 heavy (non-hydrogen) atoms. The highest BCUT2D eigenvalue weighted by Gasteiger charge is 2.37. The number of rotatable bonds is 4. The zero-order valence-electron chi connectivity index (χ0n) is 13.8. The molecule has 1 amide bonds. The number of benzene rings is 2. The Hall–Kier alpha value is -2.04. The van der Waals surface area contributed by atoms with E-state index in [4.69, 9.17) is 21.1 Å². The normalized spacial score (nSPS) is 24.8. The molecule has 5 heteroatoms. The summed E-state index contributed by atoms with van der Waals surface area (Å²) in [5.74, 6) is 1.58. The zero-order chi connectivity index (χ0) is 17.2.